The molecule has 1 atom stereocenters. The number of halogens is 1. The van der Waals surface area contributed by atoms with Crippen molar-refractivity contribution in [2.24, 2.45) is 0 Å². The van der Waals surface area contributed by atoms with Crippen molar-refractivity contribution < 1.29 is 0 Å². The van der Waals surface area contributed by atoms with Crippen molar-refractivity contribution in [3.63, 3.8) is 0 Å². The third kappa shape index (κ3) is 1.89. The van der Waals surface area contributed by atoms with E-state index in [-0.39, 0.29) is 0 Å². The monoisotopic (exact) mass is 206 g/mol. The van der Waals surface area contributed by atoms with Crippen molar-refractivity contribution in [3.05, 3.63) is 34.3 Å². The minimum Gasteiger partial charge on any atom is -0.316 e. The molecule has 1 saturated heterocycles. The number of nitrogens with zero attached hydrogens (tertiary/aromatic N) is 1. The molecule has 1 N–H and O–H groups in total. The minimum atomic E-state index is 0.515. The number of hydrogen-bond acceptors (Lipinski definition) is 2. The van der Waals surface area contributed by atoms with Crippen LogP contribution in [0.25, 0.3) is 0 Å². The Morgan fingerprint density at radius 1 is 1.43 bits per heavy atom. The van der Waals surface area contributed by atoms with E-state index >= 15 is 0 Å². The van der Waals surface area contributed by atoms with E-state index in [1.54, 1.807) is 6.07 Å². The molecule has 1 aliphatic rings. The van der Waals surface area contributed by atoms with Crippen molar-refractivity contribution in [2.45, 2.75) is 12.3 Å². The van der Waals surface area contributed by atoms with Crippen LogP contribution in [-0.2, 0) is 0 Å². The molecule has 3 heteroatoms. The van der Waals surface area contributed by atoms with Crippen molar-refractivity contribution >= 4 is 11.6 Å². The Hall–Kier alpha value is -1.04. The molecule has 72 valence electrons. The zero-order valence-corrected chi connectivity index (χ0v) is 8.51. The Morgan fingerprint density at radius 2 is 2.29 bits per heavy atom. The van der Waals surface area contributed by atoms with Gasteiger partial charge in [-0.2, -0.15) is 5.26 Å². The fourth-order valence-corrected chi connectivity index (χ4v) is 2.10. The van der Waals surface area contributed by atoms with E-state index in [4.69, 9.17) is 16.9 Å². The van der Waals surface area contributed by atoms with Gasteiger partial charge in [-0.1, -0.05) is 11.6 Å². The SMILES string of the molecule is N#Cc1cc(Cl)cc([C@H]2CCNC2)c1. The van der Waals surface area contributed by atoms with Gasteiger partial charge in [0.2, 0.25) is 0 Å². The van der Waals surface area contributed by atoms with Crippen LogP contribution in [0.15, 0.2) is 18.2 Å². The van der Waals surface area contributed by atoms with E-state index in [2.05, 4.69) is 11.4 Å². The summed E-state index contributed by atoms with van der Waals surface area (Å²) >= 11 is 5.94. The van der Waals surface area contributed by atoms with Gasteiger partial charge in [0, 0.05) is 11.6 Å². The molecule has 1 heterocycles. The van der Waals surface area contributed by atoms with Crippen LogP contribution in [0.5, 0.6) is 0 Å². The molecule has 0 unspecified atom stereocenters. The lowest BCUT2D eigenvalue weighted by Gasteiger charge is -2.09. The van der Waals surface area contributed by atoms with Crippen molar-refractivity contribution in [1.29, 1.82) is 5.26 Å². The van der Waals surface area contributed by atoms with Gasteiger partial charge in [0.05, 0.1) is 11.6 Å². The molecule has 0 aliphatic carbocycles. The average Bonchev–Trinajstić information content (AvgIpc) is 2.69. The predicted molar refractivity (Wildman–Crippen MR) is 56.4 cm³/mol. The van der Waals surface area contributed by atoms with Crippen LogP contribution in [0.3, 0.4) is 0 Å². The molecule has 1 aromatic carbocycles. The molecule has 0 amide bonds. The van der Waals surface area contributed by atoms with E-state index in [0.717, 1.165) is 19.5 Å². The summed E-state index contributed by atoms with van der Waals surface area (Å²) in [5, 5.41) is 12.8. The maximum Gasteiger partial charge on any atom is 0.0992 e. The van der Waals surface area contributed by atoms with Gasteiger partial charge in [0.1, 0.15) is 0 Å². The summed E-state index contributed by atoms with van der Waals surface area (Å²) in [4.78, 5) is 0. The lowest BCUT2D eigenvalue weighted by molar-refractivity contribution is 0.763. The Kier molecular flexibility index (Phi) is 2.72. The lowest BCUT2D eigenvalue weighted by atomic mass is 9.97. The second kappa shape index (κ2) is 4.00. The molecule has 2 nitrogen and oxygen atoms in total. The molecular formula is C11H11ClN2. The Morgan fingerprint density at radius 3 is 2.93 bits per heavy atom. The summed E-state index contributed by atoms with van der Waals surface area (Å²) in [5.41, 5.74) is 1.83. The minimum absolute atomic E-state index is 0.515. The summed E-state index contributed by atoms with van der Waals surface area (Å²) in [6.07, 6.45) is 1.13. The normalized spacial score (nSPS) is 20.7. The zero-order chi connectivity index (χ0) is 9.97. The zero-order valence-electron chi connectivity index (χ0n) is 7.76. The van der Waals surface area contributed by atoms with Crippen LogP contribution in [0.1, 0.15) is 23.5 Å². The number of hydrogen-bond donors (Lipinski definition) is 1. The maximum absolute atomic E-state index is 8.81. The highest BCUT2D eigenvalue weighted by Crippen LogP contribution is 2.26. The van der Waals surface area contributed by atoms with E-state index < -0.39 is 0 Å². The molecular weight excluding hydrogens is 196 g/mol. The summed E-state index contributed by atoms with van der Waals surface area (Å²) in [6.45, 7) is 2.05. The smallest absolute Gasteiger partial charge is 0.0992 e. The quantitative estimate of drug-likeness (QED) is 0.766. The number of benzene rings is 1. The van der Waals surface area contributed by atoms with Crippen molar-refractivity contribution in [3.8, 4) is 6.07 Å². The van der Waals surface area contributed by atoms with E-state index in [0.29, 0.717) is 16.5 Å². The van der Waals surface area contributed by atoms with Crippen LogP contribution >= 0.6 is 11.6 Å². The largest absolute Gasteiger partial charge is 0.316 e. The van der Waals surface area contributed by atoms with Crippen LogP contribution in [-0.4, -0.2) is 13.1 Å². The van der Waals surface area contributed by atoms with Gasteiger partial charge < -0.3 is 5.32 Å². The number of rotatable bonds is 1. The van der Waals surface area contributed by atoms with Gasteiger partial charge in [-0.05, 0) is 42.6 Å². The highest BCUT2D eigenvalue weighted by atomic mass is 35.5. The second-order valence-corrected chi connectivity index (χ2v) is 4.01. The molecule has 0 aromatic heterocycles. The summed E-state index contributed by atoms with van der Waals surface area (Å²) < 4.78 is 0. The molecule has 0 radical (unpaired) electrons. The van der Waals surface area contributed by atoms with Crippen molar-refractivity contribution in [1.82, 2.24) is 5.32 Å². The molecule has 1 aliphatic heterocycles. The first-order valence-corrected chi connectivity index (χ1v) is 5.08. The van der Waals surface area contributed by atoms with E-state index in [1.165, 1.54) is 5.56 Å². The molecule has 2 rings (SSSR count). The van der Waals surface area contributed by atoms with Crippen molar-refractivity contribution in [2.75, 3.05) is 13.1 Å². The maximum atomic E-state index is 8.81. The summed E-state index contributed by atoms with van der Waals surface area (Å²) in [6, 6.07) is 7.72. The van der Waals surface area contributed by atoms with Crippen LogP contribution < -0.4 is 5.32 Å². The average molecular weight is 207 g/mol. The van der Waals surface area contributed by atoms with Gasteiger partial charge in [0.15, 0.2) is 0 Å². The van der Waals surface area contributed by atoms with Crippen LogP contribution in [0.4, 0.5) is 0 Å². The van der Waals surface area contributed by atoms with E-state index in [9.17, 15) is 0 Å². The molecule has 1 fully saturated rings. The number of nitrogens with one attached hydrogen (secondary N) is 1. The molecule has 0 saturated carbocycles. The topological polar surface area (TPSA) is 35.8 Å². The van der Waals surface area contributed by atoms with Crippen LogP contribution in [0, 0.1) is 11.3 Å². The Balaban J connectivity index is 2.33. The molecule has 1 aromatic rings. The third-order valence-corrected chi connectivity index (χ3v) is 2.80. The third-order valence-electron chi connectivity index (χ3n) is 2.58. The highest BCUT2D eigenvalue weighted by Gasteiger charge is 2.17. The standard InChI is InChI=1S/C11H11ClN2/c12-11-4-8(6-13)3-10(5-11)9-1-2-14-7-9/h3-5,9,14H,1-2,7H2/t9-/m0/s1. The predicted octanol–water partition coefficient (Wildman–Crippen LogP) is 2.29. The second-order valence-electron chi connectivity index (χ2n) is 3.57. The van der Waals surface area contributed by atoms with Gasteiger partial charge in [-0.15, -0.1) is 0 Å². The number of nitriles is 1. The Labute approximate surface area is 88.5 Å². The summed E-state index contributed by atoms with van der Waals surface area (Å²) in [7, 11) is 0. The van der Waals surface area contributed by atoms with Gasteiger partial charge in [-0.3, -0.25) is 0 Å². The molecule has 0 spiro atoms. The fourth-order valence-electron chi connectivity index (χ4n) is 1.85. The van der Waals surface area contributed by atoms with Gasteiger partial charge >= 0.3 is 0 Å². The summed E-state index contributed by atoms with van der Waals surface area (Å²) in [5.74, 6) is 0.515. The fraction of sp³-hybridized carbons (Fsp3) is 0.364. The molecule has 0 bridgehead atoms. The van der Waals surface area contributed by atoms with Gasteiger partial charge in [-0.25, -0.2) is 0 Å². The first kappa shape index (κ1) is 9.51. The first-order valence-electron chi connectivity index (χ1n) is 4.71. The molecule has 14 heavy (non-hydrogen) atoms. The Bertz CT molecular complexity index is 375. The van der Waals surface area contributed by atoms with Crippen LogP contribution in [0.2, 0.25) is 5.02 Å². The van der Waals surface area contributed by atoms with Gasteiger partial charge in [0.25, 0.3) is 0 Å². The highest BCUT2D eigenvalue weighted by molar-refractivity contribution is 6.30. The van der Waals surface area contributed by atoms with E-state index in [1.807, 2.05) is 12.1 Å². The lowest BCUT2D eigenvalue weighted by Crippen LogP contribution is -2.08. The first-order chi connectivity index (χ1) is 6.79.